The summed E-state index contributed by atoms with van der Waals surface area (Å²) in [5, 5.41) is 0. The first-order chi connectivity index (χ1) is 3.66. The molecule has 0 aromatic rings. The summed E-state index contributed by atoms with van der Waals surface area (Å²) in [7, 11) is -2.84. The maximum absolute atomic E-state index is 9.83. The number of hydrogen-bond donors (Lipinski definition) is 2. The highest BCUT2D eigenvalue weighted by Crippen LogP contribution is 2.19. The zero-order chi connectivity index (χ0) is 6.57. The van der Waals surface area contributed by atoms with Crippen LogP contribution in [-0.2, 0) is 9.09 Å². The van der Waals surface area contributed by atoms with Gasteiger partial charge in [-0.1, -0.05) is 12.7 Å². The molecule has 0 aliphatic rings. The highest BCUT2D eigenvalue weighted by Gasteiger charge is 1.97. The van der Waals surface area contributed by atoms with Crippen molar-refractivity contribution in [3.63, 3.8) is 0 Å². The lowest BCUT2D eigenvalue weighted by Crippen LogP contribution is -1.91. The van der Waals surface area contributed by atoms with Gasteiger partial charge in [0.1, 0.15) is 5.44 Å². The van der Waals surface area contributed by atoms with Gasteiger partial charge in [-0.15, -0.1) is 12.6 Å². The Hall–Kier alpha value is 0.240. The van der Waals surface area contributed by atoms with Crippen molar-refractivity contribution < 1.29 is 14.0 Å². The predicted octanol–water partition coefficient (Wildman–Crippen LogP) is 0.827. The minimum absolute atomic E-state index is 0.633. The highest BCUT2D eigenvalue weighted by molar-refractivity contribution is 7.81. The lowest BCUT2D eigenvalue weighted by atomic mass is 10.7. The maximum Gasteiger partial charge on any atom is 0.317 e. The monoisotopic (exact) mass is 154 g/mol. The molecule has 0 saturated heterocycles. The van der Waals surface area contributed by atoms with Crippen LogP contribution in [0.15, 0.2) is 12.7 Å². The summed E-state index contributed by atoms with van der Waals surface area (Å²) in [5.41, 5.74) is -0.633. The van der Waals surface area contributed by atoms with Gasteiger partial charge in [-0.05, 0) is 0 Å². The largest absolute Gasteiger partial charge is 0.326 e. The fourth-order valence-corrected chi connectivity index (χ4v) is 0.725. The van der Waals surface area contributed by atoms with Crippen molar-refractivity contribution in [2.75, 3.05) is 0 Å². The standard InChI is InChI=1S/C3H7O3PS/c1-2-3(8)6-7(4)5/h2-3,7-8H,1H2,(H,4,5). The van der Waals surface area contributed by atoms with E-state index in [1.165, 1.54) is 6.08 Å². The molecule has 0 aliphatic carbocycles. The fraction of sp³-hybridized carbons (Fsp3) is 0.333. The van der Waals surface area contributed by atoms with Crippen LogP contribution in [0.25, 0.3) is 0 Å². The number of rotatable bonds is 3. The molecule has 0 aliphatic heterocycles. The molecule has 0 saturated carbocycles. The Kier molecular flexibility index (Phi) is 4.28. The Labute approximate surface area is 53.7 Å². The van der Waals surface area contributed by atoms with Gasteiger partial charge in [-0.3, -0.25) is 9.09 Å². The summed E-state index contributed by atoms with van der Waals surface area (Å²) in [5.74, 6) is 0. The summed E-state index contributed by atoms with van der Waals surface area (Å²) >= 11 is 3.69. The van der Waals surface area contributed by atoms with Crippen molar-refractivity contribution in [2.24, 2.45) is 0 Å². The van der Waals surface area contributed by atoms with Crippen molar-refractivity contribution in [2.45, 2.75) is 5.44 Å². The SMILES string of the molecule is C=CC(S)O[PH](=O)O. The van der Waals surface area contributed by atoms with E-state index in [0.717, 1.165) is 0 Å². The number of thiol groups is 1. The van der Waals surface area contributed by atoms with Crippen LogP contribution in [0.5, 0.6) is 0 Å². The Morgan fingerprint density at radius 1 is 2.00 bits per heavy atom. The Balaban J connectivity index is 3.38. The zero-order valence-corrected chi connectivity index (χ0v) is 5.97. The van der Waals surface area contributed by atoms with Crippen molar-refractivity contribution in [1.29, 1.82) is 0 Å². The van der Waals surface area contributed by atoms with Crippen LogP contribution in [0.4, 0.5) is 0 Å². The van der Waals surface area contributed by atoms with Gasteiger partial charge in [0, 0.05) is 0 Å². The molecule has 0 fully saturated rings. The first-order valence-electron chi connectivity index (χ1n) is 1.87. The molecule has 0 rings (SSSR count). The van der Waals surface area contributed by atoms with E-state index in [1.54, 1.807) is 0 Å². The second kappa shape index (κ2) is 4.15. The van der Waals surface area contributed by atoms with Crippen LogP contribution in [0, 0.1) is 0 Å². The summed E-state index contributed by atoms with van der Waals surface area (Å²) < 4.78 is 14.1. The summed E-state index contributed by atoms with van der Waals surface area (Å²) in [6.45, 7) is 3.28. The van der Waals surface area contributed by atoms with Gasteiger partial charge in [-0.25, -0.2) is 0 Å². The molecule has 3 nitrogen and oxygen atoms in total. The van der Waals surface area contributed by atoms with E-state index in [2.05, 4.69) is 23.7 Å². The van der Waals surface area contributed by atoms with Crippen molar-refractivity contribution in [3.05, 3.63) is 12.7 Å². The van der Waals surface area contributed by atoms with Crippen LogP contribution in [0.2, 0.25) is 0 Å². The fourth-order valence-electron chi connectivity index (χ4n) is 0.151. The van der Waals surface area contributed by atoms with Crippen LogP contribution in [0.3, 0.4) is 0 Å². The molecular weight excluding hydrogens is 147 g/mol. The lowest BCUT2D eigenvalue weighted by molar-refractivity contribution is 0.293. The van der Waals surface area contributed by atoms with E-state index >= 15 is 0 Å². The van der Waals surface area contributed by atoms with Crippen molar-refractivity contribution >= 4 is 20.9 Å². The van der Waals surface area contributed by atoms with E-state index in [9.17, 15) is 4.57 Å². The summed E-state index contributed by atoms with van der Waals surface area (Å²) in [6, 6.07) is 0. The minimum Gasteiger partial charge on any atom is -0.326 e. The molecule has 0 amide bonds. The highest BCUT2D eigenvalue weighted by atomic mass is 32.1. The van der Waals surface area contributed by atoms with Gasteiger partial charge in [0.05, 0.1) is 0 Å². The smallest absolute Gasteiger partial charge is 0.317 e. The third-order valence-corrected chi connectivity index (χ3v) is 1.39. The second-order valence-electron chi connectivity index (χ2n) is 1.01. The summed E-state index contributed by atoms with van der Waals surface area (Å²) in [6.07, 6.45) is 1.32. The zero-order valence-electron chi connectivity index (χ0n) is 4.07. The molecule has 0 aromatic carbocycles. The lowest BCUT2D eigenvalue weighted by Gasteiger charge is -2.00. The molecule has 0 heterocycles. The average molecular weight is 154 g/mol. The quantitative estimate of drug-likeness (QED) is 0.274. The molecule has 2 unspecified atom stereocenters. The van der Waals surface area contributed by atoms with Gasteiger partial charge in [0.2, 0.25) is 0 Å². The molecule has 5 heteroatoms. The van der Waals surface area contributed by atoms with E-state index < -0.39 is 13.7 Å². The topological polar surface area (TPSA) is 46.5 Å². The minimum atomic E-state index is -2.84. The Morgan fingerprint density at radius 3 is 2.62 bits per heavy atom. The predicted molar refractivity (Wildman–Crippen MR) is 35.3 cm³/mol. The van der Waals surface area contributed by atoms with Crippen LogP contribution in [0.1, 0.15) is 0 Å². The molecule has 1 N–H and O–H groups in total. The molecule has 0 spiro atoms. The normalized spacial score (nSPS) is 17.2. The number of hydrogen-bond acceptors (Lipinski definition) is 3. The van der Waals surface area contributed by atoms with E-state index in [0.29, 0.717) is 0 Å². The second-order valence-corrected chi connectivity index (χ2v) is 2.29. The molecule has 48 valence electrons. The van der Waals surface area contributed by atoms with Crippen molar-refractivity contribution in [3.8, 4) is 0 Å². The average Bonchev–Trinajstić information content (AvgIpc) is 1.65. The van der Waals surface area contributed by atoms with Crippen LogP contribution >= 0.6 is 20.9 Å². The Bertz CT molecular complexity index is 105. The van der Waals surface area contributed by atoms with Gasteiger partial charge < -0.3 is 4.89 Å². The van der Waals surface area contributed by atoms with E-state index in [4.69, 9.17) is 4.89 Å². The third-order valence-electron chi connectivity index (χ3n) is 0.423. The maximum atomic E-state index is 9.83. The van der Waals surface area contributed by atoms with Gasteiger partial charge >= 0.3 is 8.25 Å². The van der Waals surface area contributed by atoms with E-state index in [-0.39, 0.29) is 0 Å². The first kappa shape index (κ1) is 8.24. The molecule has 0 aromatic heterocycles. The summed E-state index contributed by atoms with van der Waals surface area (Å²) in [4.78, 5) is 8.08. The van der Waals surface area contributed by atoms with Crippen LogP contribution < -0.4 is 0 Å². The molecule has 8 heavy (non-hydrogen) atoms. The van der Waals surface area contributed by atoms with Gasteiger partial charge in [0.25, 0.3) is 0 Å². The van der Waals surface area contributed by atoms with Crippen LogP contribution in [-0.4, -0.2) is 10.3 Å². The molecule has 0 bridgehead atoms. The first-order valence-corrected chi connectivity index (χ1v) is 3.65. The van der Waals surface area contributed by atoms with Crippen molar-refractivity contribution in [1.82, 2.24) is 0 Å². The molecule has 2 atom stereocenters. The Morgan fingerprint density at radius 2 is 2.50 bits per heavy atom. The van der Waals surface area contributed by atoms with Gasteiger partial charge in [-0.2, -0.15) is 0 Å². The third kappa shape index (κ3) is 4.40. The molecular formula is C3H7O3PS. The molecule has 0 radical (unpaired) electrons. The van der Waals surface area contributed by atoms with E-state index in [1.807, 2.05) is 0 Å². The van der Waals surface area contributed by atoms with Gasteiger partial charge in [0.15, 0.2) is 0 Å².